The molecule has 5 heteroatoms. The summed E-state index contributed by atoms with van der Waals surface area (Å²) < 4.78 is 5.69. The lowest BCUT2D eigenvalue weighted by Gasteiger charge is -2.29. The average molecular weight is 286 g/mol. The standard InChI is InChI=1S/C16H22N4O/c1-20-9-5-6-13(12-20)10-17-11-15-18-19-16(21-15)14-7-3-2-4-8-14/h2-4,7-8,13,17H,5-6,9-12H2,1H3. The first kappa shape index (κ1) is 14.2. The summed E-state index contributed by atoms with van der Waals surface area (Å²) in [6, 6.07) is 9.86. The van der Waals surface area contributed by atoms with Crippen molar-refractivity contribution in [1.82, 2.24) is 20.4 Å². The second-order valence-electron chi connectivity index (χ2n) is 5.77. The van der Waals surface area contributed by atoms with Crippen LogP contribution in [0.4, 0.5) is 0 Å². The van der Waals surface area contributed by atoms with Crippen molar-refractivity contribution < 1.29 is 4.42 Å². The smallest absolute Gasteiger partial charge is 0.247 e. The molecule has 0 radical (unpaired) electrons. The van der Waals surface area contributed by atoms with Gasteiger partial charge in [0.25, 0.3) is 0 Å². The molecule has 0 spiro atoms. The highest BCUT2D eigenvalue weighted by Crippen LogP contribution is 2.17. The minimum absolute atomic E-state index is 0.588. The van der Waals surface area contributed by atoms with E-state index in [1.54, 1.807) is 0 Å². The van der Waals surface area contributed by atoms with Crippen LogP contribution in [0.25, 0.3) is 11.5 Å². The Bertz CT molecular complexity index is 554. The van der Waals surface area contributed by atoms with Gasteiger partial charge in [-0.15, -0.1) is 10.2 Å². The summed E-state index contributed by atoms with van der Waals surface area (Å²) in [6.45, 7) is 4.04. The monoisotopic (exact) mass is 286 g/mol. The third-order valence-electron chi connectivity index (χ3n) is 3.92. The molecule has 0 saturated carbocycles. The van der Waals surface area contributed by atoms with Crippen LogP contribution < -0.4 is 5.32 Å². The van der Waals surface area contributed by atoms with Gasteiger partial charge in [-0.05, 0) is 51.0 Å². The Balaban J connectivity index is 1.49. The molecule has 1 saturated heterocycles. The van der Waals surface area contributed by atoms with Crippen molar-refractivity contribution in [2.45, 2.75) is 19.4 Å². The number of hydrogen-bond donors (Lipinski definition) is 1. The van der Waals surface area contributed by atoms with Gasteiger partial charge in [0.2, 0.25) is 11.8 Å². The van der Waals surface area contributed by atoms with Gasteiger partial charge in [-0.25, -0.2) is 0 Å². The number of piperidine rings is 1. The first-order valence-electron chi connectivity index (χ1n) is 7.58. The fourth-order valence-corrected chi connectivity index (χ4v) is 2.85. The van der Waals surface area contributed by atoms with E-state index < -0.39 is 0 Å². The molecule has 1 aromatic heterocycles. The zero-order valence-corrected chi connectivity index (χ0v) is 12.5. The molecular weight excluding hydrogens is 264 g/mol. The molecular formula is C16H22N4O. The molecule has 1 atom stereocenters. The molecule has 1 N–H and O–H groups in total. The number of nitrogens with zero attached hydrogens (tertiary/aromatic N) is 3. The summed E-state index contributed by atoms with van der Waals surface area (Å²) in [4.78, 5) is 2.40. The molecule has 3 rings (SSSR count). The molecule has 1 aliphatic heterocycles. The Morgan fingerprint density at radius 2 is 2.14 bits per heavy atom. The summed E-state index contributed by atoms with van der Waals surface area (Å²) in [5.41, 5.74) is 0.963. The first-order chi connectivity index (χ1) is 10.3. The van der Waals surface area contributed by atoms with Gasteiger partial charge in [0, 0.05) is 12.1 Å². The van der Waals surface area contributed by atoms with Crippen molar-refractivity contribution in [3.8, 4) is 11.5 Å². The number of nitrogens with one attached hydrogen (secondary N) is 1. The van der Waals surface area contributed by atoms with E-state index in [9.17, 15) is 0 Å². The first-order valence-corrected chi connectivity index (χ1v) is 7.58. The Hall–Kier alpha value is -1.72. The average Bonchev–Trinajstić information content (AvgIpc) is 2.97. The van der Waals surface area contributed by atoms with Crippen molar-refractivity contribution >= 4 is 0 Å². The topological polar surface area (TPSA) is 54.2 Å². The number of aromatic nitrogens is 2. The summed E-state index contributed by atoms with van der Waals surface area (Å²) in [5.74, 6) is 1.96. The lowest BCUT2D eigenvalue weighted by atomic mass is 9.98. The van der Waals surface area contributed by atoms with E-state index in [1.807, 2.05) is 30.3 Å². The van der Waals surface area contributed by atoms with Gasteiger partial charge in [-0.3, -0.25) is 0 Å². The third-order valence-corrected chi connectivity index (χ3v) is 3.92. The Morgan fingerprint density at radius 3 is 2.95 bits per heavy atom. The highest BCUT2D eigenvalue weighted by Gasteiger charge is 2.17. The summed E-state index contributed by atoms with van der Waals surface area (Å²) in [6.07, 6.45) is 2.60. The zero-order chi connectivity index (χ0) is 14.5. The van der Waals surface area contributed by atoms with Crippen LogP contribution in [0, 0.1) is 5.92 Å². The maximum absolute atomic E-state index is 5.69. The molecule has 1 fully saturated rings. The maximum atomic E-state index is 5.69. The van der Waals surface area contributed by atoms with E-state index in [2.05, 4.69) is 27.5 Å². The highest BCUT2D eigenvalue weighted by molar-refractivity contribution is 5.51. The van der Waals surface area contributed by atoms with Crippen LogP contribution in [-0.2, 0) is 6.54 Å². The molecule has 0 aliphatic carbocycles. The SMILES string of the molecule is CN1CCCC(CNCc2nnc(-c3ccccc3)o2)C1. The lowest BCUT2D eigenvalue weighted by Crippen LogP contribution is -2.37. The summed E-state index contributed by atoms with van der Waals surface area (Å²) >= 11 is 0. The van der Waals surface area contributed by atoms with Crippen molar-refractivity contribution in [3.63, 3.8) is 0 Å². The summed E-state index contributed by atoms with van der Waals surface area (Å²) in [5, 5.41) is 11.6. The van der Waals surface area contributed by atoms with E-state index in [1.165, 1.54) is 25.9 Å². The molecule has 0 bridgehead atoms. The van der Waals surface area contributed by atoms with Gasteiger partial charge < -0.3 is 14.6 Å². The van der Waals surface area contributed by atoms with Gasteiger partial charge in [0.1, 0.15) is 0 Å². The zero-order valence-electron chi connectivity index (χ0n) is 12.5. The second-order valence-corrected chi connectivity index (χ2v) is 5.77. The molecule has 2 heterocycles. The Kier molecular flexibility index (Phi) is 4.62. The number of hydrogen-bond acceptors (Lipinski definition) is 5. The van der Waals surface area contributed by atoms with Crippen molar-refractivity contribution in [2.24, 2.45) is 5.92 Å². The Morgan fingerprint density at radius 1 is 1.29 bits per heavy atom. The van der Waals surface area contributed by atoms with E-state index >= 15 is 0 Å². The highest BCUT2D eigenvalue weighted by atomic mass is 16.4. The summed E-state index contributed by atoms with van der Waals surface area (Å²) in [7, 11) is 2.19. The molecule has 1 unspecified atom stereocenters. The van der Waals surface area contributed by atoms with Crippen LogP contribution in [0.1, 0.15) is 18.7 Å². The van der Waals surface area contributed by atoms with Gasteiger partial charge >= 0.3 is 0 Å². The lowest BCUT2D eigenvalue weighted by molar-refractivity contribution is 0.205. The minimum Gasteiger partial charge on any atom is -0.419 e. The van der Waals surface area contributed by atoms with Crippen LogP contribution in [-0.4, -0.2) is 41.8 Å². The number of likely N-dealkylation sites (tertiary alicyclic amines) is 1. The molecule has 112 valence electrons. The van der Waals surface area contributed by atoms with Crippen LogP contribution in [0.15, 0.2) is 34.7 Å². The van der Waals surface area contributed by atoms with E-state index in [0.29, 0.717) is 18.3 Å². The normalized spacial score (nSPS) is 19.8. The number of rotatable bonds is 5. The van der Waals surface area contributed by atoms with E-state index in [4.69, 9.17) is 4.42 Å². The largest absolute Gasteiger partial charge is 0.419 e. The predicted octanol–water partition coefficient (Wildman–Crippen LogP) is 2.17. The van der Waals surface area contributed by atoms with Crippen molar-refractivity contribution in [2.75, 3.05) is 26.7 Å². The quantitative estimate of drug-likeness (QED) is 0.913. The predicted molar refractivity (Wildman–Crippen MR) is 81.7 cm³/mol. The van der Waals surface area contributed by atoms with Gasteiger partial charge in [0.05, 0.1) is 6.54 Å². The molecule has 21 heavy (non-hydrogen) atoms. The second kappa shape index (κ2) is 6.83. The molecule has 1 aromatic carbocycles. The van der Waals surface area contributed by atoms with Crippen LogP contribution in [0.2, 0.25) is 0 Å². The van der Waals surface area contributed by atoms with Crippen molar-refractivity contribution in [1.29, 1.82) is 0 Å². The van der Waals surface area contributed by atoms with Gasteiger partial charge in [-0.1, -0.05) is 18.2 Å². The number of benzene rings is 1. The maximum Gasteiger partial charge on any atom is 0.247 e. The third kappa shape index (κ3) is 3.89. The van der Waals surface area contributed by atoms with E-state index in [0.717, 1.165) is 18.0 Å². The van der Waals surface area contributed by atoms with Gasteiger partial charge in [-0.2, -0.15) is 0 Å². The minimum atomic E-state index is 0.588. The molecule has 2 aromatic rings. The molecule has 5 nitrogen and oxygen atoms in total. The van der Waals surface area contributed by atoms with Crippen LogP contribution >= 0.6 is 0 Å². The van der Waals surface area contributed by atoms with Gasteiger partial charge in [0.15, 0.2) is 0 Å². The van der Waals surface area contributed by atoms with Crippen LogP contribution in [0.5, 0.6) is 0 Å². The molecule has 0 amide bonds. The van der Waals surface area contributed by atoms with Crippen molar-refractivity contribution in [3.05, 3.63) is 36.2 Å². The Labute approximate surface area is 125 Å². The van der Waals surface area contributed by atoms with E-state index in [-0.39, 0.29) is 0 Å². The van der Waals surface area contributed by atoms with Crippen LogP contribution in [0.3, 0.4) is 0 Å². The molecule has 1 aliphatic rings. The fraction of sp³-hybridized carbons (Fsp3) is 0.500. The fourth-order valence-electron chi connectivity index (χ4n) is 2.85.